The summed E-state index contributed by atoms with van der Waals surface area (Å²) < 4.78 is 24.6. The van der Waals surface area contributed by atoms with Gasteiger partial charge in [0.2, 0.25) is 10.0 Å². The van der Waals surface area contributed by atoms with E-state index >= 15 is 0 Å². The highest BCUT2D eigenvalue weighted by Gasteiger charge is 2.26. The molecule has 1 saturated heterocycles. The molecular formula is C15H24N2O3S. The fourth-order valence-corrected chi connectivity index (χ4v) is 3.66. The normalized spacial score (nSPS) is 18.3. The van der Waals surface area contributed by atoms with Crippen molar-refractivity contribution in [2.75, 3.05) is 26.4 Å². The molecule has 0 aliphatic carbocycles. The molecule has 0 radical (unpaired) electrons. The van der Waals surface area contributed by atoms with E-state index in [9.17, 15) is 8.42 Å². The molecule has 6 heteroatoms. The molecular weight excluding hydrogens is 288 g/mol. The zero-order chi connectivity index (χ0) is 15.5. The fourth-order valence-electron chi connectivity index (χ4n) is 2.78. The van der Waals surface area contributed by atoms with Crippen LogP contribution in [-0.2, 0) is 23.2 Å². The average Bonchev–Trinajstić information content (AvgIpc) is 2.47. The number of benzene rings is 1. The molecule has 1 aromatic rings. The molecule has 1 heterocycles. The quantitative estimate of drug-likeness (QED) is 0.882. The van der Waals surface area contributed by atoms with Crippen LogP contribution in [0.3, 0.4) is 0 Å². The monoisotopic (exact) mass is 312 g/mol. The van der Waals surface area contributed by atoms with E-state index < -0.39 is 10.0 Å². The van der Waals surface area contributed by atoms with Crippen LogP contribution in [0.5, 0.6) is 0 Å². The zero-order valence-corrected chi connectivity index (χ0v) is 13.5. The summed E-state index contributed by atoms with van der Waals surface area (Å²) in [6.07, 6.45) is 3.02. The molecule has 1 aliphatic rings. The van der Waals surface area contributed by atoms with Crippen LogP contribution in [0.2, 0.25) is 0 Å². The van der Waals surface area contributed by atoms with Gasteiger partial charge < -0.3 is 5.11 Å². The second-order valence-corrected chi connectivity index (χ2v) is 7.77. The molecule has 118 valence electrons. The van der Waals surface area contributed by atoms with Crippen molar-refractivity contribution in [3.05, 3.63) is 35.4 Å². The largest absolute Gasteiger partial charge is 0.392 e. The van der Waals surface area contributed by atoms with Gasteiger partial charge in [-0.15, -0.1) is 0 Å². The number of hydrogen-bond acceptors (Lipinski definition) is 4. The maximum Gasteiger partial charge on any atom is 0.211 e. The van der Waals surface area contributed by atoms with Gasteiger partial charge in [0, 0.05) is 25.7 Å². The van der Waals surface area contributed by atoms with Crippen LogP contribution in [0.1, 0.15) is 24.0 Å². The van der Waals surface area contributed by atoms with E-state index in [2.05, 4.69) is 11.9 Å². The summed E-state index contributed by atoms with van der Waals surface area (Å²) in [5, 5.41) is 9.04. The number of piperidine rings is 1. The maximum absolute atomic E-state index is 11.5. The summed E-state index contributed by atoms with van der Waals surface area (Å²) in [6.45, 7) is 2.13. The van der Waals surface area contributed by atoms with Gasteiger partial charge in [-0.05, 0) is 31.0 Å². The van der Waals surface area contributed by atoms with Gasteiger partial charge in [-0.2, -0.15) is 0 Å². The number of rotatable bonds is 5. The van der Waals surface area contributed by atoms with Crippen molar-refractivity contribution in [1.29, 1.82) is 0 Å². The van der Waals surface area contributed by atoms with Gasteiger partial charge in [-0.3, -0.25) is 4.90 Å². The first-order valence-corrected chi connectivity index (χ1v) is 9.09. The molecule has 1 fully saturated rings. The van der Waals surface area contributed by atoms with E-state index in [1.807, 2.05) is 24.3 Å². The van der Waals surface area contributed by atoms with Crippen LogP contribution in [0, 0.1) is 0 Å². The van der Waals surface area contributed by atoms with E-state index in [4.69, 9.17) is 5.11 Å². The molecule has 21 heavy (non-hydrogen) atoms. The van der Waals surface area contributed by atoms with E-state index in [-0.39, 0.29) is 6.61 Å². The lowest BCUT2D eigenvalue weighted by molar-refractivity contribution is 0.162. The topological polar surface area (TPSA) is 60.9 Å². The Morgan fingerprint density at radius 2 is 1.71 bits per heavy atom. The minimum atomic E-state index is -3.05. The van der Waals surface area contributed by atoms with E-state index in [1.54, 1.807) is 4.31 Å². The first-order valence-electron chi connectivity index (χ1n) is 7.24. The molecule has 0 aromatic heterocycles. The van der Waals surface area contributed by atoms with Crippen LogP contribution in [0.15, 0.2) is 24.3 Å². The molecule has 0 spiro atoms. The van der Waals surface area contributed by atoms with Gasteiger partial charge in [0.25, 0.3) is 0 Å². The van der Waals surface area contributed by atoms with Crippen LogP contribution >= 0.6 is 0 Å². The first-order chi connectivity index (χ1) is 9.90. The van der Waals surface area contributed by atoms with E-state index in [0.29, 0.717) is 19.1 Å². The summed E-state index contributed by atoms with van der Waals surface area (Å²) in [5.41, 5.74) is 2.13. The second kappa shape index (κ2) is 6.87. The minimum Gasteiger partial charge on any atom is -0.392 e. The molecule has 0 atom stereocenters. The molecule has 0 saturated carbocycles. The summed E-state index contributed by atoms with van der Waals surface area (Å²) in [5.74, 6) is 0. The Morgan fingerprint density at radius 3 is 2.19 bits per heavy atom. The Morgan fingerprint density at radius 1 is 1.19 bits per heavy atom. The van der Waals surface area contributed by atoms with Gasteiger partial charge in [0.05, 0.1) is 12.9 Å². The number of nitrogens with zero attached hydrogens (tertiary/aromatic N) is 2. The average molecular weight is 312 g/mol. The smallest absolute Gasteiger partial charge is 0.211 e. The van der Waals surface area contributed by atoms with Crippen LogP contribution in [0.25, 0.3) is 0 Å². The number of sulfonamides is 1. The molecule has 2 rings (SSSR count). The van der Waals surface area contributed by atoms with Crippen molar-refractivity contribution in [3.8, 4) is 0 Å². The van der Waals surface area contributed by atoms with Gasteiger partial charge in [0.15, 0.2) is 0 Å². The predicted molar refractivity (Wildman–Crippen MR) is 83.3 cm³/mol. The third-order valence-corrected chi connectivity index (χ3v) is 5.46. The van der Waals surface area contributed by atoms with Gasteiger partial charge in [0.1, 0.15) is 0 Å². The van der Waals surface area contributed by atoms with Crippen molar-refractivity contribution in [2.45, 2.75) is 32.0 Å². The van der Waals surface area contributed by atoms with Crippen molar-refractivity contribution in [3.63, 3.8) is 0 Å². The third-order valence-electron chi connectivity index (χ3n) is 4.15. The van der Waals surface area contributed by atoms with Crippen molar-refractivity contribution < 1.29 is 13.5 Å². The van der Waals surface area contributed by atoms with Gasteiger partial charge >= 0.3 is 0 Å². The highest BCUT2D eigenvalue weighted by Crippen LogP contribution is 2.19. The molecule has 5 nitrogen and oxygen atoms in total. The standard InChI is InChI=1S/C15H24N2O3S/c1-16(11-13-3-5-14(12-18)6-4-13)15-7-9-17(10-8-15)21(2,19)20/h3-6,15,18H,7-12H2,1-2H3. The van der Waals surface area contributed by atoms with Gasteiger partial charge in [-0.1, -0.05) is 24.3 Å². The summed E-state index contributed by atoms with van der Waals surface area (Å²) in [4.78, 5) is 2.29. The van der Waals surface area contributed by atoms with E-state index in [1.165, 1.54) is 11.8 Å². The molecule has 1 N–H and O–H groups in total. The molecule has 1 aliphatic heterocycles. The number of aliphatic hydroxyl groups excluding tert-OH is 1. The number of hydrogen-bond donors (Lipinski definition) is 1. The van der Waals surface area contributed by atoms with E-state index in [0.717, 1.165) is 24.9 Å². The highest BCUT2D eigenvalue weighted by molar-refractivity contribution is 7.88. The number of aliphatic hydroxyl groups is 1. The molecule has 0 bridgehead atoms. The van der Waals surface area contributed by atoms with Crippen LogP contribution in [0.4, 0.5) is 0 Å². The van der Waals surface area contributed by atoms with Crippen molar-refractivity contribution in [2.24, 2.45) is 0 Å². The molecule has 1 aromatic carbocycles. The fraction of sp³-hybridized carbons (Fsp3) is 0.600. The minimum absolute atomic E-state index is 0.0695. The maximum atomic E-state index is 11.5. The van der Waals surface area contributed by atoms with Gasteiger partial charge in [-0.25, -0.2) is 12.7 Å². The zero-order valence-electron chi connectivity index (χ0n) is 12.7. The second-order valence-electron chi connectivity index (χ2n) is 5.78. The summed E-state index contributed by atoms with van der Waals surface area (Å²) >= 11 is 0. The van der Waals surface area contributed by atoms with Crippen LogP contribution < -0.4 is 0 Å². The Labute approximate surface area is 127 Å². The lowest BCUT2D eigenvalue weighted by Crippen LogP contribution is -2.44. The highest BCUT2D eigenvalue weighted by atomic mass is 32.2. The lowest BCUT2D eigenvalue weighted by Gasteiger charge is -2.35. The van der Waals surface area contributed by atoms with Crippen LogP contribution in [-0.4, -0.2) is 55.2 Å². The first kappa shape index (κ1) is 16.4. The summed E-state index contributed by atoms with van der Waals surface area (Å²) in [6, 6.07) is 8.37. The third kappa shape index (κ3) is 4.51. The van der Waals surface area contributed by atoms with Crippen molar-refractivity contribution >= 4 is 10.0 Å². The Kier molecular flexibility index (Phi) is 5.37. The Bertz CT molecular complexity index is 549. The van der Waals surface area contributed by atoms with Crippen molar-refractivity contribution in [1.82, 2.24) is 9.21 Å². The summed E-state index contributed by atoms with van der Waals surface area (Å²) in [7, 11) is -0.966. The SMILES string of the molecule is CN(Cc1ccc(CO)cc1)C1CCN(S(C)(=O)=O)CC1. The predicted octanol–water partition coefficient (Wildman–Crippen LogP) is 1.03. The Hall–Kier alpha value is -0.950. The molecule has 0 amide bonds. The Balaban J connectivity index is 1.88. The molecule has 0 unspecified atom stereocenters. The lowest BCUT2D eigenvalue weighted by atomic mass is 10.0.